The number of sulfonamides is 1. The lowest BCUT2D eigenvalue weighted by atomic mass is 10.1. The van der Waals surface area contributed by atoms with Crippen molar-refractivity contribution in [1.82, 2.24) is 9.38 Å². The number of amides is 1. The Labute approximate surface area is 168 Å². The Morgan fingerprint density at radius 3 is 2.48 bits per heavy atom. The van der Waals surface area contributed by atoms with Gasteiger partial charge in [-0.3, -0.25) is 9.52 Å². The molecule has 2 heterocycles. The van der Waals surface area contributed by atoms with E-state index in [0.29, 0.717) is 16.9 Å². The largest absolute Gasteiger partial charge is 0.322 e. The first-order chi connectivity index (χ1) is 13.9. The highest BCUT2D eigenvalue weighted by Gasteiger charge is 2.10. The van der Waals surface area contributed by atoms with E-state index in [1.54, 1.807) is 30.3 Å². The van der Waals surface area contributed by atoms with E-state index in [4.69, 9.17) is 0 Å². The van der Waals surface area contributed by atoms with Crippen LogP contribution in [-0.4, -0.2) is 30.0 Å². The summed E-state index contributed by atoms with van der Waals surface area (Å²) in [6.45, 7) is 0. The smallest absolute Gasteiger partial charge is 0.255 e. The van der Waals surface area contributed by atoms with Crippen LogP contribution in [0.2, 0.25) is 0 Å². The van der Waals surface area contributed by atoms with E-state index in [-0.39, 0.29) is 5.91 Å². The number of fused-ring (bicyclic) bond motifs is 1. The lowest BCUT2D eigenvalue weighted by Crippen LogP contribution is -2.13. The van der Waals surface area contributed by atoms with E-state index in [0.717, 1.165) is 23.2 Å². The maximum Gasteiger partial charge on any atom is 0.255 e. The van der Waals surface area contributed by atoms with Gasteiger partial charge in [-0.05, 0) is 42.5 Å². The molecule has 0 bridgehead atoms. The van der Waals surface area contributed by atoms with Crippen molar-refractivity contribution in [2.45, 2.75) is 0 Å². The first-order valence-corrected chi connectivity index (χ1v) is 10.7. The van der Waals surface area contributed by atoms with Gasteiger partial charge in [-0.2, -0.15) is 0 Å². The molecule has 0 radical (unpaired) electrons. The minimum atomic E-state index is -3.41. The molecule has 0 saturated carbocycles. The second-order valence-electron chi connectivity index (χ2n) is 6.58. The van der Waals surface area contributed by atoms with Crippen LogP contribution in [-0.2, 0) is 10.0 Å². The van der Waals surface area contributed by atoms with Gasteiger partial charge < -0.3 is 9.72 Å². The van der Waals surface area contributed by atoms with Gasteiger partial charge in [0.15, 0.2) is 0 Å². The number of hydrogen-bond acceptors (Lipinski definition) is 4. The third-order valence-corrected chi connectivity index (χ3v) is 4.84. The average Bonchev–Trinajstić information content (AvgIpc) is 3.11. The predicted octanol–water partition coefficient (Wildman–Crippen LogP) is 3.63. The Hall–Kier alpha value is -3.65. The minimum absolute atomic E-state index is 0.331. The van der Waals surface area contributed by atoms with E-state index in [9.17, 15) is 13.2 Å². The van der Waals surface area contributed by atoms with Crippen molar-refractivity contribution in [3.05, 3.63) is 84.7 Å². The standard InChI is InChI=1S/C21H18N4O3S/c1-29(27,28)24-18-6-4-5-16(13-18)21(26)22-17-10-8-15(9-11-17)19-14-25-12-3-2-7-20(25)23-19/h2-14,24H,1H3,(H,22,26). The number of nitrogens with one attached hydrogen (secondary N) is 2. The fourth-order valence-electron chi connectivity index (χ4n) is 2.94. The van der Waals surface area contributed by atoms with Gasteiger partial charge in [-0.25, -0.2) is 13.4 Å². The van der Waals surface area contributed by atoms with E-state index in [2.05, 4.69) is 15.0 Å². The molecule has 0 saturated heterocycles. The van der Waals surface area contributed by atoms with Crippen LogP contribution in [0.5, 0.6) is 0 Å². The summed E-state index contributed by atoms with van der Waals surface area (Å²) >= 11 is 0. The van der Waals surface area contributed by atoms with Crippen LogP contribution >= 0.6 is 0 Å². The summed E-state index contributed by atoms with van der Waals surface area (Å²) in [5.74, 6) is -0.331. The summed E-state index contributed by atoms with van der Waals surface area (Å²) < 4.78 is 27.0. The topological polar surface area (TPSA) is 92.6 Å². The minimum Gasteiger partial charge on any atom is -0.322 e. The lowest BCUT2D eigenvalue weighted by molar-refractivity contribution is 0.102. The van der Waals surface area contributed by atoms with Crippen molar-refractivity contribution < 1.29 is 13.2 Å². The zero-order valence-electron chi connectivity index (χ0n) is 15.5. The third-order valence-electron chi connectivity index (χ3n) is 4.23. The maximum atomic E-state index is 12.5. The van der Waals surface area contributed by atoms with Gasteiger partial charge in [0.2, 0.25) is 10.0 Å². The van der Waals surface area contributed by atoms with Crippen molar-refractivity contribution in [2.24, 2.45) is 0 Å². The van der Waals surface area contributed by atoms with Gasteiger partial charge in [-0.15, -0.1) is 0 Å². The van der Waals surface area contributed by atoms with Crippen LogP contribution in [0.3, 0.4) is 0 Å². The highest BCUT2D eigenvalue weighted by Crippen LogP contribution is 2.22. The monoisotopic (exact) mass is 406 g/mol. The molecule has 0 atom stereocenters. The fourth-order valence-corrected chi connectivity index (χ4v) is 3.49. The summed E-state index contributed by atoms with van der Waals surface area (Å²) in [5, 5.41) is 2.81. The molecule has 4 aromatic rings. The molecule has 2 aromatic heterocycles. The predicted molar refractivity (Wildman–Crippen MR) is 113 cm³/mol. The molecule has 4 rings (SSSR count). The van der Waals surface area contributed by atoms with Crippen molar-refractivity contribution in [3.8, 4) is 11.3 Å². The number of aromatic nitrogens is 2. The van der Waals surface area contributed by atoms with E-state index < -0.39 is 10.0 Å². The van der Waals surface area contributed by atoms with Gasteiger partial charge in [0.05, 0.1) is 11.9 Å². The highest BCUT2D eigenvalue weighted by atomic mass is 32.2. The molecule has 2 aromatic carbocycles. The van der Waals surface area contributed by atoms with Crippen LogP contribution in [0.1, 0.15) is 10.4 Å². The Morgan fingerprint density at radius 2 is 1.76 bits per heavy atom. The summed E-state index contributed by atoms with van der Waals surface area (Å²) in [6, 6.07) is 19.5. The van der Waals surface area contributed by atoms with Crippen molar-refractivity contribution >= 4 is 33.0 Å². The van der Waals surface area contributed by atoms with E-state index >= 15 is 0 Å². The first kappa shape index (κ1) is 18.7. The fraction of sp³-hybridized carbons (Fsp3) is 0.0476. The SMILES string of the molecule is CS(=O)(=O)Nc1cccc(C(=O)Nc2ccc(-c3cn4ccccc4n3)cc2)c1. The molecular weight excluding hydrogens is 388 g/mol. The number of nitrogens with zero attached hydrogens (tertiary/aromatic N) is 2. The van der Waals surface area contributed by atoms with E-state index in [1.807, 2.05) is 47.1 Å². The number of anilines is 2. The average molecular weight is 406 g/mol. The van der Waals surface area contributed by atoms with Gasteiger partial charge in [0, 0.05) is 34.9 Å². The van der Waals surface area contributed by atoms with Crippen LogP contribution in [0.15, 0.2) is 79.1 Å². The molecule has 0 aliphatic carbocycles. The van der Waals surface area contributed by atoms with Gasteiger partial charge in [-0.1, -0.05) is 24.3 Å². The lowest BCUT2D eigenvalue weighted by Gasteiger charge is -2.08. The summed E-state index contributed by atoms with van der Waals surface area (Å²) in [6.07, 6.45) is 4.95. The zero-order valence-corrected chi connectivity index (χ0v) is 16.3. The zero-order chi connectivity index (χ0) is 20.4. The second kappa shape index (κ2) is 7.40. The first-order valence-electron chi connectivity index (χ1n) is 8.81. The number of rotatable bonds is 5. The molecule has 2 N–H and O–H groups in total. The summed E-state index contributed by atoms with van der Waals surface area (Å²) in [4.78, 5) is 17.1. The number of hydrogen-bond donors (Lipinski definition) is 2. The molecule has 146 valence electrons. The number of benzene rings is 2. The molecule has 0 unspecified atom stereocenters. The molecule has 7 nitrogen and oxygen atoms in total. The summed E-state index contributed by atoms with van der Waals surface area (Å²) in [5.41, 5.74) is 3.96. The van der Waals surface area contributed by atoms with Gasteiger partial charge in [0.25, 0.3) is 5.91 Å². The molecular formula is C21H18N4O3S. The van der Waals surface area contributed by atoms with Crippen molar-refractivity contribution in [3.63, 3.8) is 0 Å². The Kier molecular flexibility index (Phi) is 4.77. The van der Waals surface area contributed by atoms with Gasteiger partial charge >= 0.3 is 0 Å². The molecule has 29 heavy (non-hydrogen) atoms. The second-order valence-corrected chi connectivity index (χ2v) is 8.33. The molecule has 0 fully saturated rings. The molecule has 0 aliphatic heterocycles. The summed E-state index contributed by atoms with van der Waals surface area (Å²) in [7, 11) is -3.41. The van der Waals surface area contributed by atoms with Crippen LogP contribution in [0.25, 0.3) is 16.9 Å². The normalized spacial score (nSPS) is 11.3. The Morgan fingerprint density at radius 1 is 0.966 bits per heavy atom. The van der Waals surface area contributed by atoms with Crippen LogP contribution in [0.4, 0.5) is 11.4 Å². The Balaban J connectivity index is 1.50. The van der Waals surface area contributed by atoms with Crippen molar-refractivity contribution in [2.75, 3.05) is 16.3 Å². The molecule has 1 amide bonds. The molecule has 0 spiro atoms. The third kappa shape index (κ3) is 4.44. The number of imidazole rings is 1. The highest BCUT2D eigenvalue weighted by molar-refractivity contribution is 7.92. The molecule has 8 heteroatoms. The van der Waals surface area contributed by atoms with Crippen LogP contribution < -0.4 is 10.0 Å². The van der Waals surface area contributed by atoms with Crippen LogP contribution in [0, 0.1) is 0 Å². The number of pyridine rings is 1. The maximum absolute atomic E-state index is 12.5. The van der Waals surface area contributed by atoms with E-state index in [1.165, 1.54) is 6.07 Å². The number of carbonyl (C=O) groups is 1. The van der Waals surface area contributed by atoms with Crippen molar-refractivity contribution in [1.29, 1.82) is 0 Å². The number of carbonyl (C=O) groups excluding carboxylic acids is 1. The quantitative estimate of drug-likeness (QED) is 0.529. The Bertz CT molecular complexity index is 1260. The van der Waals surface area contributed by atoms with Gasteiger partial charge in [0.1, 0.15) is 5.65 Å². The molecule has 0 aliphatic rings.